The fraction of sp³-hybridized carbons (Fsp3) is 0.444. The van der Waals surface area contributed by atoms with Crippen molar-refractivity contribution in [3.05, 3.63) is 59.7 Å². The third-order valence-electron chi connectivity index (χ3n) is 7.35. The molecule has 2 atom stereocenters. The van der Waals surface area contributed by atoms with Gasteiger partial charge >= 0.3 is 12.1 Å². The summed E-state index contributed by atoms with van der Waals surface area (Å²) in [6, 6.07) is 15.5. The Hall–Kier alpha value is -3.35. The number of nitrogens with zero attached hydrogens (tertiary/aromatic N) is 1. The van der Waals surface area contributed by atoms with E-state index in [2.05, 4.69) is 29.6 Å². The second-order valence-electron chi connectivity index (χ2n) is 9.84. The van der Waals surface area contributed by atoms with Crippen molar-refractivity contribution in [2.75, 3.05) is 19.7 Å². The molecule has 7 nitrogen and oxygen atoms in total. The Morgan fingerprint density at radius 3 is 2.26 bits per heavy atom. The van der Waals surface area contributed by atoms with Crippen LogP contribution in [-0.2, 0) is 14.3 Å². The predicted octanol–water partition coefficient (Wildman–Crippen LogP) is 4.26. The molecule has 1 fully saturated rings. The van der Waals surface area contributed by atoms with Gasteiger partial charge in [-0.2, -0.15) is 0 Å². The molecule has 1 unspecified atom stereocenters. The molecule has 0 aromatic heterocycles. The van der Waals surface area contributed by atoms with Crippen LogP contribution in [0.25, 0.3) is 11.1 Å². The zero-order valence-electron chi connectivity index (χ0n) is 19.9. The van der Waals surface area contributed by atoms with E-state index in [4.69, 9.17) is 4.74 Å². The van der Waals surface area contributed by atoms with Crippen LogP contribution in [0.5, 0.6) is 0 Å². The number of carbonyl (C=O) groups excluding carboxylic acids is 2. The quantitative estimate of drug-likeness (QED) is 0.666. The van der Waals surface area contributed by atoms with E-state index in [0.717, 1.165) is 35.1 Å². The summed E-state index contributed by atoms with van der Waals surface area (Å²) in [6.07, 6.45) is 0.865. The Morgan fingerprint density at radius 1 is 1.09 bits per heavy atom. The average molecular weight is 465 g/mol. The van der Waals surface area contributed by atoms with Crippen molar-refractivity contribution in [2.24, 2.45) is 11.3 Å². The van der Waals surface area contributed by atoms with Gasteiger partial charge in [-0.25, -0.2) is 4.79 Å². The highest BCUT2D eigenvalue weighted by Gasteiger charge is 2.40. The summed E-state index contributed by atoms with van der Waals surface area (Å²) in [7, 11) is 0. The standard InChI is InChI=1S/C27H32N2O5/c1-17(24(30)29-14-8-9-18(15-29)27(2,3)25(31)32)28-26(33)34-16-23-21-12-6-4-10-19(21)20-11-5-7-13-22(20)23/h4-7,10-13,17-18,23H,8-9,14-16H2,1-3H3,(H,28,33)(H,31,32)/t17-,18?/m1/s1. The molecule has 2 aromatic rings. The number of hydrogen-bond acceptors (Lipinski definition) is 4. The van der Waals surface area contributed by atoms with Crippen LogP contribution in [0.3, 0.4) is 0 Å². The Kier molecular flexibility index (Phi) is 6.64. The van der Waals surface area contributed by atoms with Crippen molar-refractivity contribution in [3.63, 3.8) is 0 Å². The smallest absolute Gasteiger partial charge is 0.407 e. The van der Waals surface area contributed by atoms with Gasteiger partial charge < -0.3 is 20.1 Å². The molecular weight excluding hydrogens is 432 g/mol. The number of carboxylic acids is 1. The topological polar surface area (TPSA) is 95.9 Å². The third kappa shape index (κ3) is 4.52. The summed E-state index contributed by atoms with van der Waals surface area (Å²) in [6.45, 7) is 6.14. The maximum atomic E-state index is 13.0. The summed E-state index contributed by atoms with van der Waals surface area (Å²) >= 11 is 0. The highest BCUT2D eigenvalue weighted by molar-refractivity contribution is 5.85. The minimum absolute atomic E-state index is 0.0507. The molecule has 4 rings (SSSR count). The largest absolute Gasteiger partial charge is 0.481 e. The molecule has 34 heavy (non-hydrogen) atoms. The van der Waals surface area contributed by atoms with Gasteiger partial charge in [-0.1, -0.05) is 48.5 Å². The maximum absolute atomic E-state index is 13.0. The highest BCUT2D eigenvalue weighted by atomic mass is 16.5. The lowest BCUT2D eigenvalue weighted by atomic mass is 9.74. The number of benzene rings is 2. The zero-order chi connectivity index (χ0) is 24.5. The Bertz CT molecular complexity index is 1050. The summed E-state index contributed by atoms with van der Waals surface area (Å²) in [4.78, 5) is 38.8. The van der Waals surface area contributed by atoms with E-state index in [0.29, 0.717) is 13.1 Å². The van der Waals surface area contributed by atoms with Crippen LogP contribution < -0.4 is 5.32 Å². The number of amides is 2. The van der Waals surface area contributed by atoms with Gasteiger partial charge in [-0.15, -0.1) is 0 Å². The van der Waals surface area contributed by atoms with Crippen LogP contribution in [0, 0.1) is 11.3 Å². The van der Waals surface area contributed by atoms with E-state index in [1.807, 2.05) is 24.3 Å². The molecule has 2 N–H and O–H groups in total. The number of piperidine rings is 1. The van der Waals surface area contributed by atoms with Crippen molar-refractivity contribution in [3.8, 4) is 11.1 Å². The first-order valence-corrected chi connectivity index (χ1v) is 11.8. The Balaban J connectivity index is 1.35. The molecule has 0 saturated carbocycles. The van der Waals surface area contributed by atoms with Crippen LogP contribution >= 0.6 is 0 Å². The highest BCUT2D eigenvalue weighted by Crippen LogP contribution is 2.44. The summed E-state index contributed by atoms with van der Waals surface area (Å²) in [5, 5.41) is 12.2. The van der Waals surface area contributed by atoms with Gasteiger partial charge in [-0.05, 0) is 61.8 Å². The first-order chi connectivity index (χ1) is 16.2. The first-order valence-electron chi connectivity index (χ1n) is 11.8. The van der Waals surface area contributed by atoms with E-state index in [1.165, 1.54) is 0 Å². The van der Waals surface area contributed by atoms with Gasteiger partial charge in [0, 0.05) is 19.0 Å². The lowest BCUT2D eigenvalue weighted by molar-refractivity contribution is -0.153. The number of ether oxygens (including phenoxy) is 1. The first kappa shape index (κ1) is 23.8. The molecule has 7 heteroatoms. The van der Waals surface area contributed by atoms with E-state index in [9.17, 15) is 19.5 Å². The van der Waals surface area contributed by atoms with Gasteiger partial charge in [0.1, 0.15) is 12.6 Å². The molecule has 1 saturated heterocycles. The number of fused-ring (bicyclic) bond motifs is 3. The molecule has 0 bridgehead atoms. The number of hydrogen-bond donors (Lipinski definition) is 2. The molecule has 1 aliphatic heterocycles. The summed E-state index contributed by atoms with van der Waals surface area (Å²) in [5.41, 5.74) is 3.64. The molecule has 1 aliphatic carbocycles. The van der Waals surface area contributed by atoms with E-state index in [1.54, 1.807) is 25.7 Å². The molecule has 2 amide bonds. The maximum Gasteiger partial charge on any atom is 0.407 e. The number of likely N-dealkylation sites (tertiary alicyclic amines) is 1. The second-order valence-corrected chi connectivity index (χ2v) is 9.84. The minimum Gasteiger partial charge on any atom is -0.481 e. The number of aliphatic carboxylic acids is 1. The zero-order valence-corrected chi connectivity index (χ0v) is 19.9. The molecule has 1 heterocycles. The van der Waals surface area contributed by atoms with Gasteiger partial charge in [0.15, 0.2) is 0 Å². The number of carboxylic acid groups (broad SMARTS) is 1. The number of carbonyl (C=O) groups is 3. The average Bonchev–Trinajstić information content (AvgIpc) is 3.16. The monoisotopic (exact) mass is 464 g/mol. The van der Waals surface area contributed by atoms with E-state index < -0.39 is 23.5 Å². The van der Waals surface area contributed by atoms with Gasteiger partial charge in [0.25, 0.3) is 0 Å². The lowest BCUT2D eigenvalue weighted by Crippen LogP contribution is -2.52. The normalized spacial score (nSPS) is 18.6. The van der Waals surface area contributed by atoms with Gasteiger partial charge in [-0.3, -0.25) is 9.59 Å². The fourth-order valence-electron chi connectivity index (χ4n) is 5.09. The molecule has 2 aliphatic rings. The fourth-order valence-corrected chi connectivity index (χ4v) is 5.09. The predicted molar refractivity (Wildman–Crippen MR) is 128 cm³/mol. The molecule has 0 radical (unpaired) electrons. The van der Waals surface area contributed by atoms with E-state index in [-0.39, 0.29) is 24.3 Å². The minimum atomic E-state index is -0.914. The Labute approximate surface area is 200 Å². The summed E-state index contributed by atoms with van der Waals surface area (Å²) < 4.78 is 5.56. The van der Waals surface area contributed by atoms with Crippen molar-refractivity contribution >= 4 is 18.0 Å². The number of alkyl carbamates (subject to hydrolysis) is 1. The Morgan fingerprint density at radius 2 is 1.68 bits per heavy atom. The van der Waals surface area contributed by atoms with Crippen molar-refractivity contribution in [1.29, 1.82) is 0 Å². The second kappa shape index (κ2) is 9.49. The van der Waals surface area contributed by atoms with Crippen LogP contribution in [0.4, 0.5) is 4.79 Å². The molecule has 2 aromatic carbocycles. The number of rotatable bonds is 6. The van der Waals surface area contributed by atoms with Gasteiger partial charge in [0.05, 0.1) is 5.41 Å². The molecule has 0 spiro atoms. The molecule has 180 valence electrons. The lowest BCUT2D eigenvalue weighted by Gasteiger charge is -2.40. The summed E-state index contributed by atoms with van der Waals surface area (Å²) in [5.74, 6) is -1.27. The third-order valence-corrected chi connectivity index (χ3v) is 7.35. The number of nitrogens with one attached hydrogen (secondary N) is 1. The van der Waals surface area contributed by atoms with Crippen molar-refractivity contribution < 1.29 is 24.2 Å². The SMILES string of the molecule is C[C@@H](NC(=O)OCC1c2ccccc2-c2ccccc21)C(=O)N1CCCC(C(C)(C)C(=O)O)C1. The van der Waals surface area contributed by atoms with Gasteiger partial charge in [0.2, 0.25) is 5.91 Å². The molecular formula is C27H32N2O5. The van der Waals surface area contributed by atoms with Crippen molar-refractivity contribution in [2.45, 2.75) is 45.6 Å². The van der Waals surface area contributed by atoms with Crippen LogP contribution in [0.15, 0.2) is 48.5 Å². The van der Waals surface area contributed by atoms with Crippen LogP contribution in [-0.4, -0.2) is 53.7 Å². The van der Waals surface area contributed by atoms with E-state index >= 15 is 0 Å². The van der Waals surface area contributed by atoms with Crippen LogP contribution in [0.2, 0.25) is 0 Å². The van der Waals surface area contributed by atoms with Crippen LogP contribution in [0.1, 0.15) is 50.7 Å². The van der Waals surface area contributed by atoms with Crippen molar-refractivity contribution in [1.82, 2.24) is 10.2 Å².